The molecule has 0 aromatic carbocycles. The molecule has 0 bridgehead atoms. The first-order valence-electron chi connectivity index (χ1n) is 6.67. The average molecular weight is 247 g/mol. The second kappa shape index (κ2) is 7.17. The zero-order chi connectivity index (χ0) is 13.5. The van der Waals surface area contributed by atoms with Gasteiger partial charge in [-0.3, -0.25) is 4.98 Å². The molecule has 1 aromatic heterocycles. The van der Waals surface area contributed by atoms with Gasteiger partial charge in [-0.1, -0.05) is 13.0 Å². The summed E-state index contributed by atoms with van der Waals surface area (Å²) in [4.78, 5) is 6.82. The van der Waals surface area contributed by atoms with Crippen LogP contribution in [-0.2, 0) is 0 Å². The van der Waals surface area contributed by atoms with E-state index >= 15 is 0 Å². The molecule has 100 valence electrons. The van der Waals surface area contributed by atoms with Crippen molar-refractivity contribution in [2.45, 2.75) is 39.8 Å². The van der Waals surface area contributed by atoms with E-state index in [2.05, 4.69) is 61.6 Å². The summed E-state index contributed by atoms with van der Waals surface area (Å²) in [7, 11) is 0. The lowest BCUT2D eigenvalue weighted by Crippen LogP contribution is -2.31. The normalized spacial score (nSPS) is 12.5. The Kier molecular flexibility index (Phi) is 5.86. The maximum atomic E-state index is 4.54. The van der Waals surface area contributed by atoms with Crippen molar-refractivity contribution in [3.05, 3.63) is 36.7 Å². The fraction of sp³-hybridized carbons (Fsp3) is 0.533. The molecule has 0 amide bonds. The van der Waals surface area contributed by atoms with Crippen molar-refractivity contribution in [1.29, 1.82) is 0 Å². The van der Waals surface area contributed by atoms with Crippen LogP contribution in [0.3, 0.4) is 0 Å². The first-order chi connectivity index (χ1) is 8.60. The van der Waals surface area contributed by atoms with E-state index in [1.54, 1.807) is 0 Å². The summed E-state index contributed by atoms with van der Waals surface area (Å²) in [5.74, 6) is 0. The predicted octanol–water partition coefficient (Wildman–Crippen LogP) is 3.15. The molecular formula is C15H25N3. The Morgan fingerprint density at radius 3 is 2.56 bits per heavy atom. The summed E-state index contributed by atoms with van der Waals surface area (Å²) in [6, 6.07) is 4.98. The van der Waals surface area contributed by atoms with E-state index in [4.69, 9.17) is 0 Å². The van der Waals surface area contributed by atoms with Gasteiger partial charge in [0.1, 0.15) is 0 Å². The Morgan fingerprint density at radius 1 is 1.39 bits per heavy atom. The second-order valence-electron chi connectivity index (χ2n) is 4.76. The van der Waals surface area contributed by atoms with Crippen LogP contribution in [0.25, 0.3) is 0 Å². The molecule has 3 nitrogen and oxygen atoms in total. The molecule has 0 saturated heterocycles. The fourth-order valence-corrected chi connectivity index (χ4v) is 1.99. The minimum Gasteiger partial charge on any atom is -0.364 e. The molecule has 0 fully saturated rings. The molecule has 1 rings (SSSR count). The summed E-state index contributed by atoms with van der Waals surface area (Å²) < 4.78 is 0. The molecule has 1 aromatic rings. The molecule has 1 heterocycles. The van der Waals surface area contributed by atoms with E-state index in [-0.39, 0.29) is 0 Å². The van der Waals surface area contributed by atoms with Crippen LogP contribution in [0.1, 0.15) is 39.4 Å². The van der Waals surface area contributed by atoms with Gasteiger partial charge in [0.05, 0.1) is 17.6 Å². The molecule has 3 heteroatoms. The van der Waals surface area contributed by atoms with E-state index < -0.39 is 0 Å². The molecule has 1 unspecified atom stereocenters. The predicted molar refractivity (Wildman–Crippen MR) is 79.0 cm³/mol. The Hall–Kier alpha value is -1.35. The number of anilines is 1. The number of nitrogens with one attached hydrogen (secondary N) is 1. The minimum absolute atomic E-state index is 0.302. The van der Waals surface area contributed by atoms with Gasteiger partial charge in [0.25, 0.3) is 0 Å². The number of nitrogens with zero attached hydrogens (tertiary/aromatic N) is 2. The first-order valence-corrected chi connectivity index (χ1v) is 6.67. The smallest absolute Gasteiger partial charge is 0.0572 e. The van der Waals surface area contributed by atoms with E-state index in [9.17, 15) is 0 Å². The van der Waals surface area contributed by atoms with Crippen molar-refractivity contribution in [1.82, 2.24) is 10.3 Å². The zero-order valence-electron chi connectivity index (χ0n) is 12.0. The van der Waals surface area contributed by atoms with Crippen LogP contribution < -0.4 is 10.2 Å². The van der Waals surface area contributed by atoms with Gasteiger partial charge in [0.2, 0.25) is 0 Å². The van der Waals surface area contributed by atoms with E-state index in [1.807, 2.05) is 12.3 Å². The third kappa shape index (κ3) is 3.84. The lowest BCUT2D eigenvalue weighted by molar-refractivity contribution is 0.583. The monoisotopic (exact) mass is 247 g/mol. The maximum Gasteiger partial charge on any atom is 0.0572 e. The lowest BCUT2D eigenvalue weighted by atomic mass is 10.2. The molecule has 1 N–H and O–H groups in total. The summed E-state index contributed by atoms with van der Waals surface area (Å²) in [6.45, 7) is 14.2. The number of rotatable bonds is 7. The topological polar surface area (TPSA) is 28.2 Å². The summed E-state index contributed by atoms with van der Waals surface area (Å²) in [6.07, 6.45) is 3.88. The SMILES string of the molecule is C=CCN(c1ccc(C(C)NCC)nc1)C(C)C. The van der Waals surface area contributed by atoms with Gasteiger partial charge >= 0.3 is 0 Å². The average Bonchev–Trinajstić information content (AvgIpc) is 2.36. The van der Waals surface area contributed by atoms with Crippen LogP contribution in [-0.4, -0.2) is 24.1 Å². The highest BCUT2D eigenvalue weighted by Gasteiger charge is 2.10. The van der Waals surface area contributed by atoms with Gasteiger partial charge in [0.15, 0.2) is 0 Å². The third-order valence-electron chi connectivity index (χ3n) is 3.01. The molecular weight excluding hydrogens is 222 g/mol. The van der Waals surface area contributed by atoms with Crippen LogP contribution >= 0.6 is 0 Å². The molecule has 0 aliphatic carbocycles. The number of hydrogen-bond donors (Lipinski definition) is 1. The van der Waals surface area contributed by atoms with E-state index in [1.165, 1.54) is 0 Å². The highest BCUT2D eigenvalue weighted by Crippen LogP contribution is 2.18. The standard InChI is InChI=1S/C15H25N3/c1-6-10-18(12(3)4)14-8-9-15(17-11-14)13(5)16-7-2/h6,8-9,11-13,16H,1,7,10H2,2-5H3. The van der Waals surface area contributed by atoms with Gasteiger partial charge in [-0.15, -0.1) is 6.58 Å². The lowest BCUT2D eigenvalue weighted by Gasteiger charge is -2.27. The summed E-state index contributed by atoms with van der Waals surface area (Å²) >= 11 is 0. The number of pyridine rings is 1. The number of aromatic nitrogens is 1. The maximum absolute atomic E-state index is 4.54. The molecule has 0 spiro atoms. The molecule has 0 aliphatic rings. The number of hydrogen-bond acceptors (Lipinski definition) is 3. The van der Waals surface area contributed by atoms with Gasteiger partial charge in [0, 0.05) is 18.6 Å². The molecule has 0 aliphatic heterocycles. The van der Waals surface area contributed by atoms with Crippen LogP contribution in [0, 0.1) is 0 Å². The van der Waals surface area contributed by atoms with Crippen LogP contribution in [0.5, 0.6) is 0 Å². The minimum atomic E-state index is 0.302. The van der Waals surface area contributed by atoms with Crippen LogP contribution in [0.4, 0.5) is 5.69 Å². The largest absolute Gasteiger partial charge is 0.364 e. The van der Waals surface area contributed by atoms with Crippen molar-refractivity contribution in [2.75, 3.05) is 18.0 Å². The van der Waals surface area contributed by atoms with Crippen molar-refractivity contribution in [2.24, 2.45) is 0 Å². The Balaban J connectivity index is 2.83. The van der Waals surface area contributed by atoms with E-state index in [0.29, 0.717) is 12.1 Å². The Labute approximate surface area is 111 Å². The van der Waals surface area contributed by atoms with Crippen LogP contribution in [0.15, 0.2) is 31.0 Å². The highest BCUT2D eigenvalue weighted by atomic mass is 15.2. The zero-order valence-corrected chi connectivity index (χ0v) is 12.0. The van der Waals surface area contributed by atoms with Crippen molar-refractivity contribution in [3.8, 4) is 0 Å². The first kappa shape index (κ1) is 14.7. The highest BCUT2D eigenvalue weighted by molar-refractivity contribution is 5.46. The van der Waals surface area contributed by atoms with Gasteiger partial charge in [-0.05, 0) is 39.4 Å². The quantitative estimate of drug-likeness (QED) is 0.750. The van der Waals surface area contributed by atoms with Gasteiger partial charge in [-0.2, -0.15) is 0 Å². The van der Waals surface area contributed by atoms with Crippen molar-refractivity contribution < 1.29 is 0 Å². The fourth-order valence-electron chi connectivity index (χ4n) is 1.99. The summed E-state index contributed by atoms with van der Waals surface area (Å²) in [5, 5.41) is 3.37. The third-order valence-corrected chi connectivity index (χ3v) is 3.01. The Bertz CT molecular complexity index is 357. The second-order valence-corrected chi connectivity index (χ2v) is 4.76. The molecule has 1 atom stereocenters. The van der Waals surface area contributed by atoms with E-state index in [0.717, 1.165) is 24.5 Å². The van der Waals surface area contributed by atoms with Gasteiger partial charge in [-0.25, -0.2) is 0 Å². The van der Waals surface area contributed by atoms with Crippen molar-refractivity contribution >= 4 is 5.69 Å². The molecule has 0 saturated carbocycles. The van der Waals surface area contributed by atoms with Crippen molar-refractivity contribution in [3.63, 3.8) is 0 Å². The summed E-state index contributed by atoms with van der Waals surface area (Å²) in [5.41, 5.74) is 2.24. The molecule has 0 radical (unpaired) electrons. The van der Waals surface area contributed by atoms with Crippen LogP contribution in [0.2, 0.25) is 0 Å². The van der Waals surface area contributed by atoms with Gasteiger partial charge < -0.3 is 10.2 Å². The Morgan fingerprint density at radius 2 is 2.11 bits per heavy atom. The molecule has 18 heavy (non-hydrogen) atoms.